The van der Waals surface area contributed by atoms with E-state index < -0.39 is 37.3 Å². The number of rotatable bonds is 9. The summed E-state index contributed by atoms with van der Waals surface area (Å²) < 4.78 is 11.6. The van der Waals surface area contributed by atoms with Gasteiger partial charge in [-0.15, -0.1) is 0 Å². The van der Waals surface area contributed by atoms with Crippen LogP contribution in [0.5, 0.6) is 0 Å². The van der Waals surface area contributed by atoms with E-state index in [0.29, 0.717) is 24.3 Å². The Kier molecular flexibility index (Phi) is 10.8. The minimum atomic E-state index is -1.49. The Morgan fingerprint density at radius 2 is 1.84 bits per heavy atom. The van der Waals surface area contributed by atoms with Gasteiger partial charge in [0.15, 0.2) is 0 Å². The highest BCUT2D eigenvalue weighted by molar-refractivity contribution is 5.97. The van der Waals surface area contributed by atoms with E-state index in [4.69, 9.17) is 9.47 Å². The smallest absolute Gasteiger partial charge is 0.231 e. The van der Waals surface area contributed by atoms with Crippen molar-refractivity contribution in [2.24, 2.45) is 16.3 Å². The van der Waals surface area contributed by atoms with Crippen molar-refractivity contribution in [1.29, 1.82) is 0 Å². The number of hydrogen-bond donors (Lipinski definition) is 4. The molecule has 5 rings (SSSR count). The molecule has 1 aliphatic carbocycles. The molecule has 3 aliphatic heterocycles. The van der Waals surface area contributed by atoms with Gasteiger partial charge in [0.05, 0.1) is 13.2 Å². The van der Waals surface area contributed by atoms with Gasteiger partial charge >= 0.3 is 0 Å². The second-order valence-corrected chi connectivity index (χ2v) is 13.6. The molecular weight excluding hydrogens is 544 g/mol. The Morgan fingerprint density at radius 1 is 1.07 bits per heavy atom. The largest absolute Gasteiger partial charge is 0.445 e. The lowest BCUT2D eigenvalue weighted by atomic mass is 9.69. The fraction of sp³-hybridized carbons (Fsp3) is 0.686. The van der Waals surface area contributed by atoms with Crippen molar-refractivity contribution in [2.75, 3.05) is 32.8 Å². The van der Waals surface area contributed by atoms with Gasteiger partial charge in [0.1, 0.15) is 24.4 Å². The van der Waals surface area contributed by atoms with E-state index in [1.807, 2.05) is 0 Å². The van der Waals surface area contributed by atoms with Crippen molar-refractivity contribution in [3.05, 3.63) is 52.1 Å². The summed E-state index contributed by atoms with van der Waals surface area (Å²) in [4.78, 5) is 7.31. The molecule has 238 valence electrons. The second-order valence-electron chi connectivity index (χ2n) is 13.6. The molecule has 1 aromatic carbocycles. The number of piperidine rings is 1. The average molecular weight is 597 g/mol. The number of nitrogens with zero attached hydrogens (tertiary/aromatic N) is 2. The Hall–Kier alpha value is -2.07. The molecular formula is C35H52N2O6. The summed E-state index contributed by atoms with van der Waals surface area (Å²) in [7, 11) is 0. The Bertz CT molecular complexity index is 1180. The molecule has 4 aliphatic rings. The molecule has 0 bridgehead atoms. The van der Waals surface area contributed by atoms with Gasteiger partial charge in [-0.25, -0.2) is 4.99 Å². The lowest BCUT2D eigenvalue weighted by Gasteiger charge is -2.45. The summed E-state index contributed by atoms with van der Waals surface area (Å²) in [5, 5.41) is 40.4. The van der Waals surface area contributed by atoms with Gasteiger partial charge in [-0.2, -0.15) is 0 Å². The molecule has 2 saturated heterocycles. The van der Waals surface area contributed by atoms with Crippen molar-refractivity contribution in [1.82, 2.24) is 4.90 Å². The maximum absolute atomic E-state index is 10.5. The topological polar surface area (TPSA) is 115 Å². The van der Waals surface area contributed by atoms with Crippen LogP contribution in [-0.4, -0.2) is 94.7 Å². The number of likely N-dealkylation sites (tertiary alicyclic amines) is 1. The normalized spacial score (nSPS) is 30.0. The molecule has 3 fully saturated rings. The third-order valence-electron chi connectivity index (χ3n) is 10.1. The van der Waals surface area contributed by atoms with E-state index in [9.17, 15) is 20.4 Å². The molecule has 4 N–H and O–H groups in total. The molecule has 43 heavy (non-hydrogen) atoms. The fourth-order valence-electron chi connectivity index (χ4n) is 7.49. The van der Waals surface area contributed by atoms with Crippen LogP contribution in [0.25, 0.3) is 6.08 Å². The van der Waals surface area contributed by atoms with Crippen molar-refractivity contribution in [3.8, 4) is 0 Å². The van der Waals surface area contributed by atoms with Crippen molar-refractivity contribution in [3.63, 3.8) is 0 Å². The standard InChI is InChI=1S/C35H52N2O6/c1-23(2)28-20-36-33(43-34-32(41)31(40)30(39)29(21-38)42-34)27(28)19-26-12-11-25(18-24(26)3)10-5-8-16-37-17-9-15-35(22-37)13-6-4-7-14-35/h5,10-12,18,23,29-32,34,38-41H,4,6-9,13-17,19-22H2,1-3H3/b10-5+/t29-,30-,31+,32-,34+/m1/s1. The molecule has 3 heterocycles. The van der Waals surface area contributed by atoms with Gasteiger partial charge in [-0.1, -0.05) is 63.5 Å². The summed E-state index contributed by atoms with van der Waals surface area (Å²) in [5.41, 5.74) is 6.27. The van der Waals surface area contributed by atoms with Crippen molar-refractivity contribution >= 4 is 12.0 Å². The lowest BCUT2D eigenvalue weighted by molar-refractivity contribution is -0.281. The van der Waals surface area contributed by atoms with Crippen LogP contribution in [0.2, 0.25) is 0 Å². The Morgan fingerprint density at radius 3 is 2.56 bits per heavy atom. The lowest BCUT2D eigenvalue weighted by Crippen LogP contribution is -2.59. The zero-order valence-corrected chi connectivity index (χ0v) is 26.3. The van der Waals surface area contributed by atoms with E-state index in [1.165, 1.54) is 74.7 Å². The van der Waals surface area contributed by atoms with Crippen LogP contribution in [0.3, 0.4) is 0 Å². The first-order chi connectivity index (χ1) is 20.7. The molecule has 8 nitrogen and oxygen atoms in total. The third-order valence-corrected chi connectivity index (χ3v) is 10.1. The second kappa shape index (κ2) is 14.4. The monoisotopic (exact) mass is 596 g/mol. The molecule has 0 radical (unpaired) electrons. The van der Waals surface area contributed by atoms with E-state index in [2.05, 4.69) is 61.0 Å². The molecule has 0 aromatic heterocycles. The van der Waals surface area contributed by atoms with Crippen molar-refractivity contribution < 1.29 is 29.9 Å². The zero-order chi connectivity index (χ0) is 30.6. The number of benzene rings is 1. The average Bonchev–Trinajstić information content (AvgIpc) is 3.39. The third kappa shape index (κ3) is 7.60. The minimum absolute atomic E-state index is 0.255. The molecule has 1 aromatic rings. The molecule has 8 heteroatoms. The van der Waals surface area contributed by atoms with Crippen LogP contribution < -0.4 is 0 Å². The first-order valence-corrected chi connectivity index (χ1v) is 16.4. The van der Waals surface area contributed by atoms with Crippen LogP contribution in [-0.2, 0) is 15.9 Å². The van der Waals surface area contributed by atoms with Gasteiger partial charge in [-0.05, 0) is 79.2 Å². The highest BCUT2D eigenvalue weighted by atomic mass is 16.7. The van der Waals surface area contributed by atoms with E-state index in [1.54, 1.807) is 0 Å². The zero-order valence-electron chi connectivity index (χ0n) is 26.3. The highest BCUT2D eigenvalue weighted by Gasteiger charge is 2.45. The van der Waals surface area contributed by atoms with Crippen LogP contribution in [0.15, 0.2) is 40.4 Å². The number of hydrogen-bond acceptors (Lipinski definition) is 8. The summed E-state index contributed by atoms with van der Waals surface area (Å²) in [6.45, 7) is 10.0. The Labute approximate surface area is 257 Å². The van der Waals surface area contributed by atoms with Gasteiger partial charge in [0.2, 0.25) is 12.2 Å². The van der Waals surface area contributed by atoms with Gasteiger partial charge in [0, 0.05) is 25.1 Å². The first kappa shape index (κ1) is 32.3. The predicted molar refractivity (Wildman–Crippen MR) is 169 cm³/mol. The van der Waals surface area contributed by atoms with Crippen LogP contribution in [0.4, 0.5) is 0 Å². The van der Waals surface area contributed by atoms with E-state index in [0.717, 1.165) is 24.1 Å². The molecule has 1 saturated carbocycles. The maximum Gasteiger partial charge on any atom is 0.231 e. The summed E-state index contributed by atoms with van der Waals surface area (Å²) in [6, 6.07) is 6.56. The number of aliphatic imine (C=N–C) groups is 1. The number of aliphatic hydroxyl groups excluding tert-OH is 4. The van der Waals surface area contributed by atoms with Crippen LogP contribution in [0.1, 0.15) is 81.9 Å². The summed E-state index contributed by atoms with van der Waals surface area (Å²) >= 11 is 0. The van der Waals surface area contributed by atoms with E-state index in [-0.39, 0.29) is 5.92 Å². The van der Waals surface area contributed by atoms with Gasteiger partial charge in [-0.3, -0.25) is 0 Å². The van der Waals surface area contributed by atoms with Crippen LogP contribution >= 0.6 is 0 Å². The number of aliphatic hydroxyl groups is 4. The van der Waals surface area contributed by atoms with Gasteiger partial charge in [0.25, 0.3) is 0 Å². The number of ether oxygens (including phenoxy) is 2. The highest BCUT2D eigenvalue weighted by Crippen LogP contribution is 2.43. The van der Waals surface area contributed by atoms with Crippen molar-refractivity contribution in [2.45, 2.75) is 109 Å². The summed E-state index contributed by atoms with van der Waals surface area (Å²) in [6.07, 6.45) is 9.43. The fourth-order valence-corrected chi connectivity index (χ4v) is 7.49. The van der Waals surface area contributed by atoms with Crippen LogP contribution in [0, 0.1) is 18.3 Å². The molecule has 5 atom stereocenters. The quantitative estimate of drug-likeness (QED) is 0.338. The maximum atomic E-state index is 10.5. The number of aryl methyl sites for hydroxylation is 1. The van der Waals surface area contributed by atoms with E-state index >= 15 is 0 Å². The Balaban J connectivity index is 1.20. The molecule has 0 unspecified atom stereocenters. The minimum Gasteiger partial charge on any atom is -0.445 e. The first-order valence-electron chi connectivity index (χ1n) is 16.4. The SMILES string of the molecule is Cc1cc(/C=C/CCN2CCCC3(CCCCC3)C2)ccc1CC1=C(C(C)C)CN=C1O[C@@H]1O[C@H](CO)[C@@H](O)[C@H](O)[C@H]1O. The molecule has 0 amide bonds. The summed E-state index contributed by atoms with van der Waals surface area (Å²) in [5.74, 6) is 0.634. The van der Waals surface area contributed by atoms with Gasteiger partial charge < -0.3 is 34.8 Å². The molecule has 1 spiro atoms. The predicted octanol–water partition coefficient (Wildman–Crippen LogP) is 4.17.